The summed E-state index contributed by atoms with van der Waals surface area (Å²) in [5.41, 5.74) is 0.872. The summed E-state index contributed by atoms with van der Waals surface area (Å²) in [5, 5.41) is 17.4. The second-order valence-electron chi connectivity index (χ2n) is 9.23. The van der Waals surface area contributed by atoms with Gasteiger partial charge in [-0.3, -0.25) is 0 Å². The Balaban J connectivity index is 1.12. The first-order valence-electron chi connectivity index (χ1n) is 11.1. The largest absolute Gasteiger partial charge is 0.354 e. The van der Waals surface area contributed by atoms with Gasteiger partial charge in [0.2, 0.25) is 0 Å². The lowest BCUT2D eigenvalue weighted by Crippen LogP contribution is -2.53. The molecule has 0 spiro atoms. The van der Waals surface area contributed by atoms with Crippen LogP contribution in [0.4, 0.5) is 5.82 Å². The molecule has 7 nitrogen and oxygen atoms in total. The number of nitrogens with zero attached hydrogens (tertiary/aromatic N) is 6. The summed E-state index contributed by atoms with van der Waals surface area (Å²) in [6, 6.07) is 5.54. The van der Waals surface area contributed by atoms with Crippen molar-refractivity contribution in [2.75, 3.05) is 37.6 Å². The van der Waals surface area contributed by atoms with E-state index in [-0.39, 0.29) is 0 Å². The van der Waals surface area contributed by atoms with Gasteiger partial charge in [0.05, 0.1) is 0 Å². The van der Waals surface area contributed by atoms with E-state index >= 15 is 0 Å². The van der Waals surface area contributed by atoms with Crippen LogP contribution in [0.2, 0.25) is 0 Å². The fourth-order valence-corrected chi connectivity index (χ4v) is 4.72. The van der Waals surface area contributed by atoms with Gasteiger partial charge >= 0.3 is 0 Å². The number of fused-ring (bicyclic) bond motifs is 1. The first kappa shape index (κ1) is 18.3. The molecule has 4 heterocycles. The molecule has 5 rings (SSSR count). The Morgan fingerprint density at radius 1 is 1.07 bits per heavy atom. The SMILES string of the molecule is CC(C)N1CCC(NCC2CN(c3ccc4nnc(C5CCC5)n4n3)C2)CC1. The number of likely N-dealkylation sites (tertiary alicyclic amines) is 1. The fourth-order valence-electron chi connectivity index (χ4n) is 4.72. The zero-order valence-electron chi connectivity index (χ0n) is 17.2. The first-order valence-corrected chi connectivity index (χ1v) is 11.1. The topological polar surface area (TPSA) is 61.6 Å². The van der Waals surface area contributed by atoms with Gasteiger partial charge < -0.3 is 15.1 Å². The van der Waals surface area contributed by atoms with E-state index in [4.69, 9.17) is 5.10 Å². The van der Waals surface area contributed by atoms with Crippen LogP contribution in [0.1, 0.15) is 57.7 Å². The molecule has 0 aromatic carbocycles. The number of aromatic nitrogens is 4. The molecule has 0 radical (unpaired) electrons. The smallest absolute Gasteiger partial charge is 0.178 e. The Kier molecular flexibility index (Phi) is 4.97. The molecule has 2 aromatic rings. The van der Waals surface area contributed by atoms with E-state index < -0.39 is 0 Å². The lowest BCUT2D eigenvalue weighted by Gasteiger charge is -2.41. The molecule has 0 atom stereocenters. The summed E-state index contributed by atoms with van der Waals surface area (Å²) in [6.45, 7) is 10.4. The lowest BCUT2D eigenvalue weighted by atomic mass is 9.85. The van der Waals surface area contributed by atoms with Crippen LogP contribution in [-0.2, 0) is 0 Å². The minimum absolute atomic E-state index is 0.549. The van der Waals surface area contributed by atoms with Crippen molar-refractivity contribution in [2.24, 2.45) is 5.92 Å². The van der Waals surface area contributed by atoms with Gasteiger partial charge in [-0.05, 0) is 64.8 Å². The summed E-state index contributed by atoms with van der Waals surface area (Å²) < 4.78 is 1.98. The van der Waals surface area contributed by atoms with Gasteiger partial charge in [-0.2, -0.15) is 4.52 Å². The molecule has 3 fully saturated rings. The Morgan fingerprint density at radius 3 is 2.54 bits per heavy atom. The molecule has 2 aromatic heterocycles. The van der Waals surface area contributed by atoms with Crippen LogP contribution in [0.25, 0.3) is 5.65 Å². The van der Waals surface area contributed by atoms with Gasteiger partial charge in [0.1, 0.15) is 5.82 Å². The van der Waals surface area contributed by atoms with E-state index in [1.54, 1.807) is 0 Å². The molecule has 152 valence electrons. The van der Waals surface area contributed by atoms with Crippen molar-refractivity contribution in [1.29, 1.82) is 0 Å². The molecular formula is C21H33N7. The van der Waals surface area contributed by atoms with Gasteiger partial charge in [0.15, 0.2) is 11.5 Å². The maximum absolute atomic E-state index is 4.86. The quantitative estimate of drug-likeness (QED) is 0.826. The second-order valence-corrected chi connectivity index (χ2v) is 9.23. The standard InChI is InChI=1S/C21H33N7/c1-15(2)26-10-8-18(9-11-26)22-12-16-13-27(14-16)20-7-6-19-23-24-21(28(19)25-20)17-4-3-5-17/h6-7,15-18,22H,3-5,8-14H2,1-2H3. The Bertz CT molecular complexity index is 798. The first-order chi connectivity index (χ1) is 13.7. The summed E-state index contributed by atoms with van der Waals surface area (Å²) in [4.78, 5) is 4.98. The fraction of sp³-hybridized carbons (Fsp3) is 0.762. The predicted molar refractivity (Wildman–Crippen MR) is 111 cm³/mol. The van der Waals surface area contributed by atoms with Gasteiger partial charge in [-0.15, -0.1) is 15.3 Å². The normalized spacial score (nSPS) is 22.8. The van der Waals surface area contributed by atoms with Crippen molar-refractivity contribution in [1.82, 2.24) is 30.0 Å². The van der Waals surface area contributed by atoms with Crippen LogP contribution in [0.15, 0.2) is 12.1 Å². The summed E-state index contributed by atoms with van der Waals surface area (Å²) >= 11 is 0. The Labute approximate surface area is 167 Å². The molecule has 2 saturated heterocycles. The maximum atomic E-state index is 4.86. The third-order valence-corrected chi connectivity index (χ3v) is 6.98. The number of nitrogens with one attached hydrogen (secondary N) is 1. The molecule has 0 unspecified atom stereocenters. The zero-order valence-corrected chi connectivity index (χ0v) is 17.2. The van der Waals surface area contributed by atoms with E-state index in [2.05, 4.69) is 51.3 Å². The van der Waals surface area contributed by atoms with Crippen molar-refractivity contribution in [3.63, 3.8) is 0 Å². The van der Waals surface area contributed by atoms with Crippen LogP contribution >= 0.6 is 0 Å². The third kappa shape index (κ3) is 3.50. The molecule has 28 heavy (non-hydrogen) atoms. The molecule has 2 aliphatic heterocycles. The van der Waals surface area contributed by atoms with Crippen molar-refractivity contribution in [3.05, 3.63) is 18.0 Å². The third-order valence-electron chi connectivity index (χ3n) is 6.98. The average Bonchev–Trinajstić information content (AvgIpc) is 3.02. The van der Waals surface area contributed by atoms with Crippen LogP contribution in [0.3, 0.4) is 0 Å². The maximum Gasteiger partial charge on any atom is 0.178 e. The zero-order chi connectivity index (χ0) is 19.1. The Morgan fingerprint density at radius 2 is 1.86 bits per heavy atom. The molecule has 0 amide bonds. The monoisotopic (exact) mass is 383 g/mol. The van der Waals surface area contributed by atoms with Gasteiger partial charge in [-0.25, -0.2) is 0 Å². The van der Waals surface area contributed by atoms with Gasteiger partial charge in [0, 0.05) is 43.6 Å². The number of rotatable bonds is 6. The number of hydrogen-bond donors (Lipinski definition) is 1. The highest BCUT2D eigenvalue weighted by Crippen LogP contribution is 2.35. The second kappa shape index (κ2) is 7.59. The molecule has 1 saturated carbocycles. The van der Waals surface area contributed by atoms with E-state index in [1.807, 2.05) is 4.52 Å². The van der Waals surface area contributed by atoms with E-state index in [1.165, 1.54) is 45.2 Å². The minimum Gasteiger partial charge on any atom is -0.354 e. The molecule has 7 heteroatoms. The van der Waals surface area contributed by atoms with Crippen LogP contribution in [0.5, 0.6) is 0 Å². The Hall–Kier alpha value is -1.73. The highest BCUT2D eigenvalue weighted by molar-refractivity contribution is 5.47. The van der Waals surface area contributed by atoms with Crippen molar-refractivity contribution in [3.8, 4) is 0 Å². The summed E-state index contributed by atoms with van der Waals surface area (Å²) in [6.07, 6.45) is 6.31. The van der Waals surface area contributed by atoms with Crippen molar-refractivity contribution < 1.29 is 0 Å². The summed E-state index contributed by atoms with van der Waals surface area (Å²) in [5.74, 6) is 3.39. The van der Waals surface area contributed by atoms with Crippen molar-refractivity contribution >= 4 is 11.5 Å². The van der Waals surface area contributed by atoms with Crippen LogP contribution in [-0.4, -0.2) is 69.5 Å². The van der Waals surface area contributed by atoms with Gasteiger partial charge in [0.25, 0.3) is 0 Å². The molecule has 3 aliphatic rings. The number of hydrogen-bond acceptors (Lipinski definition) is 6. The predicted octanol–water partition coefficient (Wildman–Crippen LogP) is 2.29. The van der Waals surface area contributed by atoms with Crippen molar-refractivity contribution in [2.45, 2.75) is 64.0 Å². The molecular weight excluding hydrogens is 350 g/mol. The van der Waals surface area contributed by atoms with E-state index in [0.717, 1.165) is 42.8 Å². The van der Waals surface area contributed by atoms with Crippen LogP contribution in [0, 0.1) is 5.92 Å². The minimum atomic E-state index is 0.549. The lowest BCUT2D eigenvalue weighted by molar-refractivity contribution is 0.158. The number of piperidine rings is 1. The highest BCUT2D eigenvalue weighted by Gasteiger charge is 2.30. The number of anilines is 1. The average molecular weight is 384 g/mol. The molecule has 0 bridgehead atoms. The van der Waals surface area contributed by atoms with Gasteiger partial charge in [-0.1, -0.05) is 6.42 Å². The highest BCUT2D eigenvalue weighted by atomic mass is 15.4. The van der Waals surface area contributed by atoms with E-state index in [0.29, 0.717) is 18.0 Å². The molecule has 1 aliphatic carbocycles. The van der Waals surface area contributed by atoms with Crippen LogP contribution < -0.4 is 10.2 Å². The van der Waals surface area contributed by atoms with E-state index in [9.17, 15) is 0 Å². The summed E-state index contributed by atoms with van der Waals surface area (Å²) in [7, 11) is 0. The molecule has 1 N–H and O–H groups in total.